The molecule has 2 aliphatic rings. The summed E-state index contributed by atoms with van der Waals surface area (Å²) in [4.78, 5) is 0. The van der Waals surface area contributed by atoms with Crippen LogP contribution in [-0.4, -0.2) is 18.8 Å². The summed E-state index contributed by atoms with van der Waals surface area (Å²) in [5, 5.41) is 12.1. The smallest absolute Gasteiger partial charge is 0.126 e. The van der Waals surface area contributed by atoms with Crippen LogP contribution < -0.4 is 5.32 Å². The van der Waals surface area contributed by atoms with Crippen molar-refractivity contribution in [2.24, 2.45) is 5.92 Å². The molecule has 0 spiro atoms. The third kappa shape index (κ3) is 2.32. The predicted octanol–water partition coefficient (Wildman–Crippen LogP) is 2.68. The van der Waals surface area contributed by atoms with E-state index in [1.54, 1.807) is 6.07 Å². The minimum atomic E-state index is -0.376. The van der Waals surface area contributed by atoms with Crippen molar-refractivity contribution in [3.63, 3.8) is 0 Å². The molecule has 0 aromatic heterocycles. The quantitative estimate of drug-likeness (QED) is 0.891. The molecule has 1 saturated heterocycles. The number of nitrogens with one attached hydrogen (secondary N) is 1. The van der Waals surface area contributed by atoms with Crippen LogP contribution >= 0.6 is 0 Å². The lowest BCUT2D eigenvalue weighted by atomic mass is 10.1. The van der Waals surface area contributed by atoms with E-state index in [0.29, 0.717) is 17.2 Å². The van der Waals surface area contributed by atoms with Crippen molar-refractivity contribution >= 4 is 5.69 Å². The Morgan fingerprint density at radius 2 is 2.11 bits per heavy atom. The zero-order valence-electron chi connectivity index (χ0n) is 10.0. The second-order valence-electron chi connectivity index (χ2n) is 5.05. The third-order valence-electron chi connectivity index (χ3n) is 3.60. The molecule has 1 aliphatic heterocycles. The fraction of sp³-hybridized carbons (Fsp3) is 0.500. The summed E-state index contributed by atoms with van der Waals surface area (Å²) in [5.74, 6) is 0.285. The van der Waals surface area contributed by atoms with E-state index in [1.165, 1.54) is 25.0 Å². The van der Waals surface area contributed by atoms with E-state index < -0.39 is 0 Å². The average molecular weight is 246 g/mol. The van der Waals surface area contributed by atoms with Crippen molar-refractivity contribution in [2.75, 3.05) is 11.9 Å². The first-order valence-corrected chi connectivity index (χ1v) is 6.35. The van der Waals surface area contributed by atoms with Crippen LogP contribution in [0.25, 0.3) is 0 Å². The van der Waals surface area contributed by atoms with Gasteiger partial charge in [-0.3, -0.25) is 0 Å². The summed E-state index contributed by atoms with van der Waals surface area (Å²) in [6.45, 7) is 0.763. The highest BCUT2D eigenvalue weighted by atomic mass is 19.1. The Kier molecular flexibility index (Phi) is 2.92. The number of nitriles is 1. The molecule has 1 N–H and O–H groups in total. The van der Waals surface area contributed by atoms with Gasteiger partial charge in [0.1, 0.15) is 5.82 Å². The van der Waals surface area contributed by atoms with E-state index >= 15 is 0 Å². The highest BCUT2D eigenvalue weighted by molar-refractivity contribution is 5.50. The zero-order valence-corrected chi connectivity index (χ0v) is 10.0. The molecule has 0 amide bonds. The second-order valence-corrected chi connectivity index (χ2v) is 5.05. The number of ether oxygens (including phenoxy) is 1. The Balaban J connectivity index is 1.75. The van der Waals surface area contributed by atoms with E-state index in [0.717, 1.165) is 13.0 Å². The molecule has 1 aliphatic carbocycles. The normalized spacial score (nSPS) is 26.9. The van der Waals surface area contributed by atoms with Gasteiger partial charge in [0, 0.05) is 12.3 Å². The number of anilines is 1. The highest BCUT2D eigenvalue weighted by Crippen LogP contribution is 2.39. The lowest BCUT2D eigenvalue weighted by molar-refractivity contribution is 0.0898. The van der Waals surface area contributed by atoms with Crippen molar-refractivity contribution in [2.45, 2.75) is 31.4 Å². The molecular weight excluding hydrogens is 231 g/mol. The molecule has 4 heteroatoms. The monoisotopic (exact) mass is 246 g/mol. The van der Waals surface area contributed by atoms with Crippen molar-refractivity contribution in [3.05, 3.63) is 29.6 Å². The van der Waals surface area contributed by atoms with E-state index in [2.05, 4.69) is 5.32 Å². The molecular formula is C14H15FN2O. The summed E-state index contributed by atoms with van der Waals surface area (Å²) in [6, 6.07) is 6.57. The van der Waals surface area contributed by atoms with Crippen LogP contribution in [0.15, 0.2) is 18.2 Å². The van der Waals surface area contributed by atoms with Gasteiger partial charge in [0.05, 0.1) is 23.8 Å². The Bertz CT molecular complexity index is 493. The average Bonchev–Trinajstić information content (AvgIpc) is 3.10. The standard InChI is InChI=1S/C14H15FN2O/c15-11-5-9(8-16)6-12(7-11)17-13-3-4-18-14(13)10-1-2-10/h5-7,10,13-14,17H,1-4H2. The van der Waals surface area contributed by atoms with Crippen molar-refractivity contribution in [3.8, 4) is 6.07 Å². The first-order valence-electron chi connectivity index (χ1n) is 6.35. The lowest BCUT2D eigenvalue weighted by Gasteiger charge is -2.20. The Morgan fingerprint density at radius 3 is 2.83 bits per heavy atom. The highest BCUT2D eigenvalue weighted by Gasteiger charge is 2.40. The van der Waals surface area contributed by atoms with Gasteiger partial charge >= 0.3 is 0 Å². The Morgan fingerprint density at radius 1 is 1.28 bits per heavy atom. The lowest BCUT2D eigenvalue weighted by Crippen LogP contribution is -2.31. The van der Waals surface area contributed by atoms with Crippen LogP contribution in [0.5, 0.6) is 0 Å². The van der Waals surface area contributed by atoms with Crippen molar-refractivity contribution < 1.29 is 9.13 Å². The fourth-order valence-corrected chi connectivity index (χ4v) is 2.61. The van der Waals surface area contributed by atoms with Gasteiger partial charge in [0.15, 0.2) is 0 Å². The van der Waals surface area contributed by atoms with Crippen LogP contribution in [0, 0.1) is 23.1 Å². The zero-order chi connectivity index (χ0) is 12.5. The molecule has 0 bridgehead atoms. The number of rotatable bonds is 3. The van der Waals surface area contributed by atoms with Crippen molar-refractivity contribution in [1.82, 2.24) is 0 Å². The first kappa shape index (κ1) is 11.5. The Labute approximate surface area is 106 Å². The maximum absolute atomic E-state index is 13.3. The molecule has 2 unspecified atom stereocenters. The summed E-state index contributed by atoms with van der Waals surface area (Å²) < 4.78 is 19.1. The van der Waals surface area contributed by atoms with E-state index in [9.17, 15) is 4.39 Å². The molecule has 2 fully saturated rings. The van der Waals surface area contributed by atoms with Crippen LogP contribution in [0.3, 0.4) is 0 Å². The topological polar surface area (TPSA) is 45.0 Å². The molecule has 1 heterocycles. The predicted molar refractivity (Wildman–Crippen MR) is 65.6 cm³/mol. The van der Waals surface area contributed by atoms with Crippen molar-refractivity contribution in [1.29, 1.82) is 5.26 Å². The second kappa shape index (κ2) is 4.58. The van der Waals surface area contributed by atoms with E-state index in [4.69, 9.17) is 10.00 Å². The molecule has 0 radical (unpaired) electrons. The summed E-state index contributed by atoms with van der Waals surface area (Å²) in [5.41, 5.74) is 1.02. The maximum atomic E-state index is 13.3. The molecule has 18 heavy (non-hydrogen) atoms. The molecule has 3 nitrogen and oxygen atoms in total. The van der Waals surface area contributed by atoms with Crippen LogP contribution in [0.2, 0.25) is 0 Å². The number of hydrogen-bond donors (Lipinski definition) is 1. The van der Waals surface area contributed by atoms with E-state index in [-0.39, 0.29) is 18.0 Å². The molecule has 3 rings (SSSR count). The van der Waals surface area contributed by atoms with Gasteiger partial charge in [0.2, 0.25) is 0 Å². The number of hydrogen-bond acceptors (Lipinski definition) is 3. The molecule has 1 aromatic rings. The van der Waals surface area contributed by atoms with Gasteiger partial charge in [-0.1, -0.05) is 0 Å². The fourth-order valence-electron chi connectivity index (χ4n) is 2.61. The number of halogens is 1. The minimum Gasteiger partial charge on any atom is -0.379 e. The van der Waals surface area contributed by atoms with Gasteiger partial charge in [-0.25, -0.2) is 4.39 Å². The summed E-state index contributed by atoms with van der Waals surface area (Å²) in [7, 11) is 0. The molecule has 94 valence electrons. The van der Waals surface area contributed by atoms with Gasteiger partial charge in [-0.2, -0.15) is 5.26 Å². The van der Waals surface area contributed by atoms with Gasteiger partial charge in [-0.05, 0) is 43.4 Å². The van der Waals surface area contributed by atoms with Gasteiger partial charge in [-0.15, -0.1) is 0 Å². The first-order chi connectivity index (χ1) is 8.76. The number of benzene rings is 1. The molecule has 1 aromatic carbocycles. The molecule has 1 saturated carbocycles. The SMILES string of the molecule is N#Cc1cc(F)cc(NC2CCOC2C2CC2)c1. The molecule has 2 atom stereocenters. The third-order valence-corrected chi connectivity index (χ3v) is 3.60. The summed E-state index contributed by atoms with van der Waals surface area (Å²) >= 11 is 0. The summed E-state index contributed by atoms with van der Waals surface area (Å²) in [6.07, 6.45) is 3.66. The largest absolute Gasteiger partial charge is 0.379 e. The number of nitrogens with zero attached hydrogens (tertiary/aromatic N) is 1. The Hall–Kier alpha value is -1.60. The van der Waals surface area contributed by atoms with Crippen LogP contribution in [-0.2, 0) is 4.74 Å². The van der Waals surface area contributed by atoms with Gasteiger partial charge in [0.25, 0.3) is 0 Å². The minimum absolute atomic E-state index is 0.242. The van der Waals surface area contributed by atoms with E-state index in [1.807, 2.05) is 6.07 Å². The van der Waals surface area contributed by atoms with Gasteiger partial charge < -0.3 is 10.1 Å². The van der Waals surface area contributed by atoms with Crippen LogP contribution in [0.1, 0.15) is 24.8 Å². The van der Waals surface area contributed by atoms with Crippen LogP contribution in [0.4, 0.5) is 10.1 Å². The maximum Gasteiger partial charge on any atom is 0.126 e.